The van der Waals surface area contributed by atoms with Crippen molar-refractivity contribution in [2.75, 3.05) is 6.54 Å². The molecule has 1 aliphatic heterocycles. The molecule has 0 bridgehead atoms. The Labute approximate surface area is 124 Å². The molecule has 0 aromatic rings. The van der Waals surface area contributed by atoms with Crippen molar-refractivity contribution in [1.29, 1.82) is 0 Å². The third-order valence-electron chi connectivity index (χ3n) is 6.20. The van der Waals surface area contributed by atoms with Crippen molar-refractivity contribution in [3.8, 4) is 0 Å². The monoisotopic (exact) mass is 280 g/mol. The lowest BCUT2D eigenvalue weighted by molar-refractivity contribution is -0.131. The number of carbonyl (C=O) groups excluding carboxylic acids is 1. The van der Waals surface area contributed by atoms with Gasteiger partial charge in [0, 0.05) is 6.54 Å². The number of carbonyl (C=O) groups is 1. The quantitative estimate of drug-likeness (QED) is 0.838. The summed E-state index contributed by atoms with van der Waals surface area (Å²) in [6.45, 7) is 16.8. The molecule has 1 heterocycles. The Morgan fingerprint density at radius 1 is 1.20 bits per heavy atom. The maximum atomic E-state index is 12.7. The van der Waals surface area contributed by atoms with E-state index in [-0.39, 0.29) is 12.2 Å². The molecule has 3 heteroatoms. The minimum Gasteiger partial charge on any atom is -0.325 e. The van der Waals surface area contributed by atoms with Gasteiger partial charge in [0.05, 0.1) is 12.2 Å². The molecule has 1 aliphatic carbocycles. The minimum atomic E-state index is 0.0392. The Kier molecular flexibility index (Phi) is 3.96. The second-order valence-corrected chi connectivity index (χ2v) is 8.18. The Morgan fingerprint density at radius 3 is 2.15 bits per heavy atom. The van der Waals surface area contributed by atoms with E-state index in [0.717, 1.165) is 19.4 Å². The SMILES string of the molecule is CCCC1NC(C(C)C)N(CC2C(C)(C)C2(C)C)C1=O. The Morgan fingerprint density at radius 2 is 1.75 bits per heavy atom. The molecule has 0 aromatic carbocycles. The van der Waals surface area contributed by atoms with Crippen LogP contribution in [0.25, 0.3) is 0 Å². The first kappa shape index (κ1) is 15.8. The van der Waals surface area contributed by atoms with E-state index in [1.807, 2.05) is 0 Å². The molecule has 2 unspecified atom stereocenters. The first-order valence-electron chi connectivity index (χ1n) is 8.21. The average molecular weight is 280 g/mol. The normalized spacial score (nSPS) is 32.2. The molecule has 20 heavy (non-hydrogen) atoms. The van der Waals surface area contributed by atoms with Crippen molar-refractivity contribution in [1.82, 2.24) is 10.2 Å². The van der Waals surface area contributed by atoms with Crippen LogP contribution in [0.15, 0.2) is 0 Å². The molecule has 2 rings (SSSR count). The molecule has 1 saturated carbocycles. The van der Waals surface area contributed by atoms with E-state index in [4.69, 9.17) is 0 Å². The minimum absolute atomic E-state index is 0.0392. The lowest BCUT2D eigenvalue weighted by Crippen LogP contribution is -2.43. The van der Waals surface area contributed by atoms with Gasteiger partial charge in [-0.2, -0.15) is 0 Å². The van der Waals surface area contributed by atoms with E-state index in [9.17, 15) is 4.79 Å². The molecule has 1 N–H and O–H groups in total. The van der Waals surface area contributed by atoms with Crippen LogP contribution < -0.4 is 5.32 Å². The van der Waals surface area contributed by atoms with Gasteiger partial charge in [-0.05, 0) is 29.1 Å². The molecule has 2 atom stereocenters. The highest BCUT2D eigenvalue weighted by atomic mass is 16.2. The molecular formula is C17H32N2O. The van der Waals surface area contributed by atoms with Crippen molar-refractivity contribution >= 4 is 5.91 Å². The fraction of sp³-hybridized carbons (Fsp3) is 0.941. The summed E-state index contributed by atoms with van der Waals surface area (Å²) in [7, 11) is 0. The summed E-state index contributed by atoms with van der Waals surface area (Å²) < 4.78 is 0. The smallest absolute Gasteiger partial charge is 0.241 e. The maximum absolute atomic E-state index is 12.7. The molecular weight excluding hydrogens is 248 g/mol. The molecule has 0 spiro atoms. The first-order valence-corrected chi connectivity index (χ1v) is 8.21. The summed E-state index contributed by atoms with van der Waals surface area (Å²) in [6, 6.07) is 0.0392. The summed E-state index contributed by atoms with van der Waals surface area (Å²) in [6.07, 6.45) is 2.23. The van der Waals surface area contributed by atoms with E-state index in [1.54, 1.807) is 0 Å². The van der Waals surface area contributed by atoms with Crippen molar-refractivity contribution in [2.24, 2.45) is 22.7 Å². The van der Waals surface area contributed by atoms with Gasteiger partial charge in [0.1, 0.15) is 0 Å². The standard InChI is InChI=1S/C17H32N2O/c1-8-9-12-15(20)19(14(18-12)11(2)3)10-13-16(4,5)17(13,6)7/h11-14,18H,8-10H2,1-7H3. The van der Waals surface area contributed by atoms with Gasteiger partial charge in [0.15, 0.2) is 0 Å². The molecule has 1 amide bonds. The van der Waals surface area contributed by atoms with Crippen LogP contribution in [0.3, 0.4) is 0 Å². The van der Waals surface area contributed by atoms with Crippen LogP contribution in [0.4, 0.5) is 0 Å². The van der Waals surface area contributed by atoms with Crippen LogP contribution in [0.5, 0.6) is 0 Å². The molecule has 116 valence electrons. The number of amides is 1. The number of rotatable bonds is 5. The van der Waals surface area contributed by atoms with Gasteiger partial charge >= 0.3 is 0 Å². The summed E-state index contributed by atoms with van der Waals surface area (Å²) in [5.41, 5.74) is 0.690. The van der Waals surface area contributed by atoms with Crippen LogP contribution in [-0.4, -0.2) is 29.6 Å². The van der Waals surface area contributed by atoms with Crippen LogP contribution in [-0.2, 0) is 4.79 Å². The van der Waals surface area contributed by atoms with E-state index in [0.29, 0.717) is 28.6 Å². The summed E-state index contributed by atoms with van der Waals surface area (Å²) in [5.74, 6) is 1.40. The van der Waals surface area contributed by atoms with E-state index < -0.39 is 0 Å². The van der Waals surface area contributed by atoms with Gasteiger partial charge in [-0.25, -0.2) is 0 Å². The lowest BCUT2D eigenvalue weighted by atomic mass is 10.0. The predicted molar refractivity (Wildman–Crippen MR) is 83.2 cm³/mol. The van der Waals surface area contributed by atoms with Crippen LogP contribution in [0, 0.1) is 22.7 Å². The third-order valence-corrected chi connectivity index (χ3v) is 6.20. The topological polar surface area (TPSA) is 32.3 Å². The van der Waals surface area contributed by atoms with Crippen molar-refractivity contribution in [3.05, 3.63) is 0 Å². The fourth-order valence-corrected chi connectivity index (χ4v) is 3.94. The van der Waals surface area contributed by atoms with E-state index in [2.05, 4.69) is 58.7 Å². The Bertz CT molecular complexity index is 372. The van der Waals surface area contributed by atoms with Gasteiger partial charge in [-0.15, -0.1) is 0 Å². The third kappa shape index (κ3) is 2.28. The van der Waals surface area contributed by atoms with E-state index in [1.165, 1.54) is 0 Å². The van der Waals surface area contributed by atoms with Crippen molar-refractivity contribution in [2.45, 2.75) is 73.5 Å². The second kappa shape index (κ2) is 5.01. The van der Waals surface area contributed by atoms with Gasteiger partial charge in [0.25, 0.3) is 0 Å². The average Bonchev–Trinajstić information content (AvgIpc) is 2.61. The Balaban J connectivity index is 2.11. The van der Waals surface area contributed by atoms with Gasteiger partial charge in [-0.1, -0.05) is 54.9 Å². The van der Waals surface area contributed by atoms with Crippen LogP contribution >= 0.6 is 0 Å². The molecule has 0 radical (unpaired) electrons. The molecule has 1 saturated heterocycles. The number of nitrogens with zero attached hydrogens (tertiary/aromatic N) is 1. The molecule has 0 aromatic heterocycles. The van der Waals surface area contributed by atoms with E-state index >= 15 is 0 Å². The Hall–Kier alpha value is -0.570. The highest BCUT2D eigenvalue weighted by Crippen LogP contribution is 2.68. The second-order valence-electron chi connectivity index (χ2n) is 8.18. The summed E-state index contributed by atoms with van der Waals surface area (Å²) >= 11 is 0. The van der Waals surface area contributed by atoms with Crippen LogP contribution in [0.2, 0.25) is 0 Å². The summed E-state index contributed by atoms with van der Waals surface area (Å²) in [5, 5.41) is 3.56. The molecule has 3 nitrogen and oxygen atoms in total. The van der Waals surface area contributed by atoms with Crippen molar-refractivity contribution in [3.63, 3.8) is 0 Å². The zero-order valence-corrected chi connectivity index (χ0v) is 14.3. The van der Waals surface area contributed by atoms with Gasteiger partial charge in [-0.3, -0.25) is 10.1 Å². The fourth-order valence-electron chi connectivity index (χ4n) is 3.94. The number of nitrogens with one attached hydrogen (secondary N) is 1. The van der Waals surface area contributed by atoms with Gasteiger partial charge in [0.2, 0.25) is 5.91 Å². The highest BCUT2D eigenvalue weighted by Gasteiger charge is 2.65. The zero-order valence-electron chi connectivity index (χ0n) is 14.3. The van der Waals surface area contributed by atoms with Gasteiger partial charge < -0.3 is 4.90 Å². The first-order chi connectivity index (χ1) is 9.14. The lowest BCUT2D eigenvalue weighted by Gasteiger charge is -2.28. The largest absolute Gasteiger partial charge is 0.325 e. The number of hydrogen-bond donors (Lipinski definition) is 1. The zero-order chi connectivity index (χ0) is 15.3. The molecule has 2 aliphatic rings. The van der Waals surface area contributed by atoms with Crippen molar-refractivity contribution < 1.29 is 4.79 Å². The number of hydrogen-bond acceptors (Lipinski definition) is 2. The highest BCUT2D eigenvalue weighted by molar-refractivity contribution is 5.84. The molecule has 2 fully saturated rings. The predicted octanol–water partition coefficient (Wildman–Crippen LogP) is 3.25. The summed E-state index contributed by atoms with van der Waals surface area (Å²) in [4.78, 5) is 14.8. The maximum Gasteiger partial charge on any atom is 0.241 e. The van der Waals surface area contributed by atoms with Crippen LogP contribution in [0.1, 0.15) is 61.3 Å².